The lowest BCUT2D eigenvalue weighted by Crippen LogP contribution is -2.46. The molecule has 1 amide bonds. The molecule has 2 saturated heterocycles. The molecule has 0 bridgehead atoms. The highest BCUT2D eigenvalue weighted by atomic mass is 16.5. The zero-order chi connectivity index (χ0) is 17.9. The van der Waals surface area contributed by atoms with E-state index in [-0.39, 0.29) is 11.5 Å². The molecule has 0 aliphatic carbocycles. The molecule has 3 rings (SSSR count). The number of piperidine rings is 1. The number of benzene rings is 1. The second kappa shape index (κ2) is 7.90. The number of rotatable bonds is 4. The Morgan fingerprint density at radius 1 is 1.20 bits per heavy atom. The Hall–Kier alpha value is -1.35. The smallest absolute Gasteiger partial charge is 0.223 e. The Balaban J connectivity index is 1.85. The summed E-state index contributed by atoms with van der Waals surface area (Å²) in [7, 11) is 0. The molecule has 1 aromatic carbocycles. The number of ether oxygens (including phenoxy) is 1. The Morgan fingerprint density at radius 3 is 2.52 bits per heavy atom. The van der Waals surface area contributed by atoms with Gasteiger partial charge >= 0.3 is 0 Å². The van der Waals surface area contributed by atoms with Crippen molar-refractivity contribution in [2.45, 2.75) is 70.8 Å². The standard InChI is InChI=1S/C22H33NO2/c1-17(2)20-15-22(11-14-25-20,19-9-7-18(3)8-10-19)16-21(24)23-12-5-4-6-13-23/h7-10,17,20H,4-6,11-16H2,1-3H3/t20-,22-/m0/s1. The summed E-state index contributed by atoms with van der Waals surface area (Å²) in [4.78, 5) is 15.2. The minimum atomic E-state index is -0.0740. The molecule has 138 valence electrons. The van der Waals surface area contributed by atoms with Crippen molar-refractivity contribution in [2.24, 2.45) is 5.92 Å². The maximum atomic E-state index is 13.1. The quantitative estimate of drug-likeness (QED) is 0.807. The third kappa shape index (κ3) is 4.25. The van der Waals surface area contributed by atoms with Gasteiger partial charge in [0.15, 0.2) is 0 Å². The molecular formula is C22H33NO2. The van der Waals surface area contributed by atoms with E-state index in [0.29, 0.717) is 18.2 Å². The Morgan fingerprint density at radius 2 is 1.88 bits per heavy atom. The average Bonchev–Trinajstić information content (AvgIpc) is 2.63. The van der Waals surface area contributed by atoms with Crippen LogP contribution < -0.4 is 0 Å². The van der Waals surface area contributed by atoms with E-state index in [1.165, 1.54) is 17.5 Å². The van der Waals surface area contributed by atoms with E-state index >= 15 is 0 Å². The molecular weight excluding hydrogens is 310 g/mol. The van der Waals surface area contributed by atoms with Gasteiger partial charge in [-0.2, -0.15) is 0 Å². The SMILES string of the molecule is Cc1ccc([C@@]2(CC(=O)N3CCCCC3)CCO[C@H](C(C)C)C2)cc1. The van der Waals surface area contributed by atoms with Crippen molar-refractivity contribution in [3.63, 3.8) is 0 Å². The summed E-state index contributed by atoms with van der Waals surface area (Å²) in [6, 6.07) is 8.84. The van der Waals surface area contributed by atoms with Crippen molar-refractivity contribution in [3.8, 4) is 0 Å². The fraction of sp³-hybridized carbons (Fsp3) is 0.682. The number of hydrogen-bond donors (Lipinski definition) is 0. The number of hydrogen-bond acceptors (Lipinski definition) is 2. The van der Waals surface area contributed by atoms with E-state index in [4.69, 9.17) is 4.74 Å². The summed E-state index contributed by atoms with van der Waals surface area (Å²) in [6.07, 6.45) is 6.33. The fourth-order valence-electron chi connectivity index (χ4n) is 4.36. The van der Waals surface area contributed by atoms with Gasteiger partial charge in [0.05, 0.1) is 6.10 Å². The summed E-state index contributed by atoms with van der Waals surface area (Å²) in [5.41, 5.74) is 2.52. The molecule has 3 heteroatoms. The number of amides is 1. The first-order valence-corrected chi connectivity index (χ1v) is 9.97. The van der Waals surface area contributed by atoms with Crippen LogP contribution in [0.4, 0.5) is 0 Å². The number of carbonyl (C=O) groups is 1. The fourth-order valence-corrected chi connectivity index (χ4v) is 4.36. The van der Waals surface area contributed by atoms with Crippen molar-refractivity contribution in [1.82, 2.24) is 4.90 Å². The number of nitrogens with zero attached hydrogens (tertiary/aromatic N) is 1. The molecule has 0 aromatic heterocycles. The average molecular weight is 344 g/mol. The van der Waals surface area contributed by atoms with Crippen molar-refractivity contribution in [3.05, 3.63) is 35.4 Å². The molecule has 2 heterocycles. The van der Waals surface area contributed by atoms with Gasteiger partial charge in [-0.05, 0) is 50.5 Å². The second-order valence-corrected chi connectivity index (χ2v) is 8.37. The largest absolute Gasteiger partial charge is 0.378 e. The van der Waals surface area contributed by atoms with Crippen LogP contribution in [0.25, 0.3) is 0 Å². The molecule has 0 radical (unpaired) electrons. The lowest BCUT2D eigenvalue weighted by Gasteiger charge is -2.43. The number of aryl methyl sites for hydroxylation is 1. The molecule has 0 spiro atoms. The predicted octanol–water partition coefficient (Wildman–Crippen LogP) is 4.47. The summed E-state index contributed by atoms with van der Waals surface area (Å²) >= 11 is 0. The Kier molecular flexibility index (Phi) is 5.83. The molecule has 0 unspecified atom stereocenters. The molecule has 2 atom stereocenters. The Bertz CT molecular complexity index is 574. The van der Waals surface area contributed by atoms with Crippen LogP contribution >= 0.6 is 0 Å². The van der Waals surface area contributed by atoms with Gasteiger partial charge in [0.1, 0.15) is 0 Å². The molecule has 0 saturated carbocycles. The Labute approximate surface area is 152 Å². The summed E-state index contributed by atoms with van der Waals surface area (Å²) in [5, 5.41) is 0. The van der Waals surface area contributed by atoms with Crippen LogP contribution in [0.5, 0.6) is 0 Å². The van der Waals surface area contributed by atoms with Crippen LogP contribution in [0, 0.1) is 12.8 Å². The van der Waals surface area contributed by atoms with Crippen molar-refractivity contribution in [1.29, 1.82) is 0 Å². The third-order valence-electron chi connectivity index (χ3n) is 6.11. The van der Waals surface area contributed by atoms with Crippen molar-refractivity contribution < 1.29 is 9.53 Å². The van der Waals surface area contributed by atoms with Gasteiger partial charge < -0.3 is 9.64 Å². The predicted molar refractivity (Wildman–Crippen MR) is 102 cm³/mol. The zero-order valence-corrected chi connectivity index (χ0v) is 16.1. The molecule has 25 heavy (non-hydrogen) atoms. The molecule has 1 aromatic rings. The third-order valence-corrected chi connectivity index (χ3v) is 6.11. The first kappa shape index (κ1) is 18.4. The van der Waals surface area contributed by atoms with Crippen LogP contribution in [-0.2, 0) is 14.9 Å². The van der Waals surface area contributed by atoms with Crippen LogP contribution in [0.2, 0.25) is 0 Å². The van der Waals surface area contributed by atoms with E-state index in [1.54, 1.807) is 0 Å². The van der Waals surface area contributed by atoms with Crippen molar-refractivity contribution >= 4 is 5.91 Å². The van der Waals surface area contributed by atoms with Crippen LogP contribution in [0.1, 0.15) is 63.5 Å². The van der Waals surface area contributed by atoms with Crippen LogP contribution in [-0.4, -0.2) is 36.6 Å². The van der Waals surface area contributed by atoms with Gasteiger partial charge in [0, 0.05) is 31.5 Å². The maximum absolute atomic E-state index is 13.1. The highest BCUT2D eigenvalue weighted by molar-refractivity contribution is 5.78. The van der Waals surface area contributed by atoms with Gasteiger partial charge in [0.2, 0.25) is 5.91 Å². The molecule has 3 nitrogen and oxygen atoms in total. The van der Waals surface area contributed by atoms with Crippen molar-refractivity contribution in [2.75, 3.05) is 19.7 Å². The topological polar surface area (TPSA) is 29.5 Å². The number of likely N-dealkylation sites (tertiary alicyclic amines) is 1. The maximum Gasteiger partial charge on any atom is 0.223 e. The number of carbonyl (C=O) groups excluding carboxylic acids is 1. The van der Waals surface area contributed by atoms with E-state index in [9.17, 15) is 4.79 Å². The lowest BCUT2D eigenvalue weighted by atomic mass is 9.68. The molecule has 2 fully saturated rings. The van der Waals surface area contributed by atoms with Gasteiger partial charge in [-0.3, -0.25) is 4.79 Å². The first-order chi connectivity index (χ1) is 12.0. The molecule has 0 N–H and O–H groups in total. The van der Waals surface area contributed by atoms with Crippen LogP contribution in [0.3, 0.4) is 0 Å². The zero-order valence-electron chi connectivity index (χ0n) is 16.1. The normalized spacial score (nSPS) is 27.5. The van der Waals surface area contributed by atoms with Crippen LogP contribution in [0.15, 0.2) is 24.3 Å². The molecule has 2 aliphatic heterocycles. The minimum Gasteiger partial charge on any atom is -0.378 e. The van der Waals surface area contributed by atoms with Gasteiger partial charge in [-0.1, -0.05) is 43.7 Å². The van der Waals surface area contributed by atoms with E-state index < -0.39 is 0 Å². The summed E-state index contributed by atoms with van der Waals surface area (Å²) in [6.45, 7) is 9.20. The second-order valence-electron chi connectivity index (χ2n) is 8.37. The summed E-state index contributed by atoms with van der Waals surface area (Å²) < 4.78 is 6.04. The van der Waals surface area contributed by atoms with E-state index in [2.05, 4.69) is 49.9 Å². The lowest BCUT2D eigenvalue weighted by molar-refractivity contribution is -0.135. The monoisotopic (exact) mass is 343 g/mol. The highest BCUT2D eigenvalue weighted by Gasteiger charge is 2.42. The first-order valence-electron chi connectivity index (χ1n) is 9.97. The van der Waals surface area contributed by atoms with E-state index in [1.807, 2.05) is 0 Å². The summed E-state index contributed by atoms with van der Waals surface area (Å²) in [5.74, 6) is 0.819. The minimum absolute atomic E-state index is 0.0740. The van der Waals surface area contributed by atoms with Gasteiger partial charge in [0.25, 0.3) is 0 Å². The highest BCUT2D eigenvalue weighted by Crippen LogP contribution is 2.42. The van der Waals surface area contributed by atoms with Gasteiger partial charge in [-0.25, -0.2) is 0 Å². The van der Waals surface area contributed by atoms with E-state index in [0.717, 1.165) is 45.4 Å². The van der Waals surface area contributed by atoms with Gasteiger partial charge in [-0.15, -0.1) is 0 Å². The molecule has 2 aliphatic rings.